The molecule has 0 saturated carbocycles. The minimum atomic E-state index is 0.378. The Morgan fingerprint density at radius 2 is 2.08 bits per heavy atom. The topological polar surface area (TPSA) is 60.6 Å². The van der Waals surface area contributed by atoms with Gasteiger partial charge in [-0.15, -0.1) is 0 Å². The van der Waals surface area contributed by atoms with Gasteiger partial charge in [-0.1, -0.05) is 13.8 Å². The van der Waals surface area contributed by atoms with Crippen molar-refractivity contribution in [2.75, 3.05) is 45.2 Å². The van der Waals surface area contributed by atoms with Gasteiger partial charge in [0, 0.05) is 43.0 Å². The lowest BCUT2D eigenvalue weighted by Crippen LogP contribution is -2.37. The zero-order chi connectivity index (χ0) is 16.9. The van der Waals surface area contributed by atoms with Crippen LogP contribution in [0.3, 0.4) is 0 Å². The van der Waals surface area contributed by atoms with Crippen molar-refractivity contribution in [2.45, 2.75) is 26.2 Å². The maximum absolute atomic E-state index is 6.10. The molecule has 0 radical (unpaired) electrons. The van der Waals surface area contributed by atoms with E-state index in [0.717, 1.165) is 61.6 Å². The van der Waals surface area contributed by atoms with Crippen LogP contribution < -0.4 is 10.5 Å². The molecule has 5 heteroatoms. The van der Waals surface area contributed by atoms with E-state index in [4.69, 9.17) is 15.2 Å². The van der Waals surface area contributed by atoms with Gasteiger partial charge < -0.3 is 15.2 Å². The van der Waals surface area contributed by atoms with Crippen LogP contribution in [-0.4, -0.2) is 49.3 Å². The molecule has 2 aromatic rings. The van der Waals surface area contributed by atoms with E-state index in [2.05, 4.69) is 29.8 Å². The first kappa shape index (κ1) is 17.0. The molecule has 0 atom stereocenters. The standard InChI is InChI=1S/C19H27N3O2/c1-14(2)15-12-16-17(20)4-5-21-18(16)13-19(15)24-9-3-6-22-7-10-23-11-8-22/h4-5,12-14H,3,6-11H2,1-2H3,(H2,20,21). The Morgan fingerprint density at radius 3 is 2.83 bits per heavy atom. The lowest BCUT2D eigenvalue weighted by atomic mass is 9.99. The number of nitrogens with two attached hydrogens (primary N) is 1. The maximum Gasteiger partial charge on any atom is 0.124 e. The molecule has 2 N–H and O–H groups in total. The number of morpholine rings is 1. The van der Waals surface area contributed by atoms with Gasteiger partial charge in [0.15, 0.2) is 0 Å². The third-order valence-electron chi connectivity index (χ3n) is 4.51. The van der Waals surface area contributed by atoms with E-state index in [9.17, 15) is 0 Å². The summed E-state index contributed by atoms with van der Waals surface area (Å²) in [5.41, 5.74) is 8.93. The number of fused-ring (bicyclic) bond motifs is 1. The van der Waals surface area contributed by atoms with Gasteiger partial charge in [0.1, 0.15) is 5.75 Å². The molecule has 1 aliphatic heterocycles. The van der Waals surface area contributed by atoms with Gasteiger partial charge in [-0.3, -0.25) is 9.88 Å². The number of hydrogen-bond acceptors (Lipinski definition) is 5. The molecule has 0 spiro atoms. The molecular formula is C19H27N3O2. The van der Waals surface area contributed by atoms with E-state index in [1.54, 1.807) is 6.20 Å². The quantitative estimate of drug-likeness (QED) is 0.826. The predicted octanol–water partition coefficient (Wildman–Crippen LogP) is 3.04. The third-order valence-corrected chi connectivity index (χ3v) is 4.51. The Labute approximate surface area is 143 Å². The van der Waals surface area contributed by atoms with Crippen molar-refractivity contribution in [1.82, 2.24) is 9.88 Å². The number of aromatic nitrogens is 1. The Balaban J connectivity index is 1.67. The second-order valence-corrected chi connectivity index (χ2v) is 6.62. The average molecular weight is 329 g/mol. The van der Waals surface area contributed by atoms with Gasteiger partial charge in [-0.25, -0.2) is 0 Å². The fourth-order valence-electron chi connectivity index (χ4n) is 3.08. The van der Waals surface area contributed by atoms with Crippen molar-refractivity contribution in [2.24, 2.45) is 0 Å². The second kappa shape index (κ2) is 7.81. The molecule has 1 fully saturated rings. The maximum atomic E-state index is 6.10. The third kappa shape index (κ3) is 3.97. The summed E-state index contributed by atoms with van der Waals surface area (Å²) in [6.07, 6.45) is 2.76. The molecule has 1 aromatic carbocycles. The minimum absolute atomic E-state index is 0.378. The predicted molar refractivity (Wildman–Crippen MR) is 97.6 cm³/mol. The fraction of sp³-hybridized carbons (Fsp3) is 0.526. The molecule has 5 nitrogen and oxygen atoms in total. The van der Waals surface area contributed by atoms with Gasteiger partial charge in [0.25, 0.3) is 0 Å². The molecule has 3 rings (SSSR count). The number of nitrogens with zero attached hydrogens (tertiary/aromatic N) is 2. The number of rotatable bonds is 6. The second-order valence-electron chi connectivity index (χ2n) is 6.62. The average Bonchev–Trinajstić information content (AvgIpc) is 2.59. The van der Waals surface area contributed by atoms with Crippen molar-refractivity contribution in [1.29, 1.82) is 0 Å². The molecule has 24 heavy (non-hydrogen) atoms. The summed E-state index contributed by atoms with van der Waals surface area (Å²) >= 11 is 0. The van der Waals surface area contributed by atoms with Crippen LogP contribution in [0.2, 0.25) is 0 Å². The molecule has 1 saturated heterocycles. The first-order valence-electron chi connectivity index (χ1n) is 8.76. The molecule has 0 aliphatic carbocycles. The van der Waals surface area contributed by atoms with Gasteiger partial charge in [0.05, 0.1) is 25.3 Å². The Hall–Kier alpha value is -1.85. The van der Waals surface area contributed by atoms with E-state index in [-0.39, 0.29) is 0 Å². The van der Waals surface area contributed by atoms with Crippen molar-refractivity contribution < 1.29 is 9.47 Å². The van der Waals surface area contributed by atoms with Crippen molar-refractivity contribution in [3.05, 3.63) is 30.0 Å². The molecule has 0 unspecified atom stereocenters. The highest BCUT2D eigenvalue weighted by atomic mass is 16.5. The summed E-state index contributed by atoms with van der Waals surface area (Å²) in [4.78, 5) is 6.85. The highest BCUT2D eigenvalue weighted by Gasteiger charge is 2.13. The van der Waals surface area contributed by atoms with E-state index in [1.165, 1.54) is 5.56 Å². The number of nitrogen functional groups attached to an aromatic ring is 1. The SMILES string of the molecule is CC(C)c1cc2c(N)ccnc2cc1OCCCN1CCOCC1. The van der Waals surface area contributed by atoms with Crippen LogP contribution in [0.1, 0.15) is 31.7 Å². The molecule has 1 aromatic heterocycles. The summed E-state index contributed by atoms with van der Waals surface area (Å²) in [5, 5.41) is 1.00. The van der Waals surface area contributed by atoms with Crippen LogP contribution in [0.15, 0.2) is 24.4 Å². The van der Waals surface area contributed by atoms with Crippen LogP contribution in [-0.2, 0) is 4.74 Å². The van der Waals surface area contributed by atoms with Crippen molar-refractivity contribution >= 4 is 16.6 Å². The number of benzene rings is 1. The lowest BCUT2D eigenvalue weighted by Gasteiger charge is -2.26. The van der Waals surface area contributed by atoms with E-state index >= 15 is 0 Å². The first-order valence-corrected chi connectivity index (χ1v) is 8.76. The zero-order valence-electron chi connectivity index (χ0n) is 14.6. The summed E-state index contributed by atoms with van der Waals surface area (Å²) in [7, 11) is 0. The smallest absolute Gasteiger partial charge is 0.124 e. The van der Waals surface area contributed by atoms with Crippen molar-refractivity contribution in [3.8, 4) is 5.75 Å². The monoisotopic (exact) mass is 329 g/mol. The molecule has 130 valence electrons. The Morgan fingerprint density at radius 1 is 1.29 bits per heavy atom. The molecular weight excluding hydrogens is 302 g/mol. The first-order chi connectivity index (χ1) is 11.6. The van der Waals surface area contributed by atoms with E-state index in [0.29, 0.717) is 12.5 Å². The summed E-state index contributed by atoms with van der Waals surface area (Å²) < 4.78 is 11.5. The molecule has 1 aliphatic rings. The number of anilines is 1. The van der Waals surface area contributed by atoms with Crippen LogP contribution in [0.25, 0.3) is 10.9 Å². The van der Waals surface area contributed by atoms with Gasteiger partial charge in [-0.2, -0.15) is 0 Å². The number of pyridine rings is 1. The largest absolute Gasteiger partial charge is 0.493 e. The van der Waals surface area contributed by atoms with Crippen molar-refractivity contribution in [3.63, 3.8) is 0 Å². The Kier molecular flexibility index (Phi) is 5.53. The molecule has 0 bridgehead atoms. The number of ether oxygens (including phenoxy) is 2. The fourth-order valence-corrected chi connectivity index (χ4v) is 3.08. The van der Waals surface area contributed by atoms with Gasteiger partial charge in [-0.05, 0) is 30.0 Å². The van der Waals surface area contributed by atoms with Crippen LogP contribution in [0, 0.1) is 0 Å². The highest BCUT2D eigenvalue weighted by Crippen LogP contribution is 2.32. The van der Waals surface area contributed by atoms with Gasteiger partial charge >= 0.3 is 0 Å². The Bertz CT molecular complexity index is 682. The van der Waals surface area contributed by atoms with Crippen LogP contribution in [0.5, 0.6) is 5.75 Å². The summed E-state index contributed by atoms with van der Waals surface area (Å²) in [6, 6.07) is 5.99. The molecule has 0 amide bonds. The molecule has 2 heterocycles. The lowest BCUT2D eigenvalue weighted by molar-refractivity contribution is 0.0358. The van der Waals surface area contributed by atoms with E-state index < -0.39 is 0 Å². The van der Waals surface area contributed by atoms with Gasteiger partial charge in [0.2, 0.25) is 0 Å². The van der Waals surface area contributed by atoms with Crippen LogP contribution in [0.4, 0.5) is 5.69 Å². The van der Waals surface area contributed by atoms with E-state index in [1.807, 2.05) is 12.1 Å². The highest BCUT2D eigenvalue weighted by molar-refractivity contribution is 5.91. The minimum Gasteiger partial charge on any atom is -0.493 e. The summed E-state index contributed by atoms with van der Waals surface area (Å²) in [6.45, 7) is 9.85. The van der Waals surface area contributed by atoms with Crippen LogP contribution >= 0.6 is 0 Å². The number of hydrogen-bond donors (Lipinski definition) is 1. The summed E-state index contributed by atoms with van der Waals surface area (Å²) in [5.74, 6) is 1.31. The normalized spacial score (nSPS) is 16.0. The zero-order valence-corrected chi connectivity index (χ0v) is 14.6.